The van der Waals surface area contributed by atoms with Crippen molar-refractivity contribution in [3.8, 4) is 5.75 Å². The van der Waals surface area contributed by atoms with Crippen molar-refractivity contribution in [2.45, 2.75) is 19.4 Å². The van der Waals surface area contributed by atoms with Gasteiger partial charge in [0.1, 0.15) is 0 Å². The molecule has 3 rings (SSSR count). The molecule has 0 saturated heterocycles. The van der Waals surface area contributed by atoms with Crippen LogP contribution < -0.4 is 15.4 Å². The first-order chi connectivity index (χ1) is 12.1. The van der Waals surface area contributed by atoms with Crippen LogP contribution in [0.5, 0.6) is 5.75 Å². The summed E-state index contributed by atoms with van der Waals surface area (Å²) in [6, 6.07) is 13.2. The first-order valence-corrected chi connectivity index (χ1v) is 8.15. The Bertz CT molecular complexity index is 775. The SMILES string of the molecule is O=C(COc1ccccc1F)NCc1cccc(NC(=O)C2CC2)c1. The van der Waals surface area contributed by atoms with Crippen LogP contribution in [0.3, 0.4) is 0 Å². The molecule has 2 N–H and O–H groups in total. The van der Waals surface area contributed by atoms with Gasteiger partial charge in [-0.05, 0) is 42.7 Å². The molecule has 0 radical (unpaired) electrons. The quantitative estimate of drug-likeness (QED) is 0.813. The lowest BCUT2D eigenvalue weighted by molar-refractivity contribution is -0.123. The van der Waals surface area contributed by atoms with E-state index in [1.165, 1.54) is 12.1 Å². The Kier molecular flexibility index (Phi) is 5.28. The summed E-state index contributed by atoms with van der Waals surface area (Å²) >= 11 is 0. The average molecular weight is 342 g/mol. The molecular formula is C19H19FN2O3. The molecule has 1 aliphatic rings. The molecule has 0 aromatic heterocycles. The molecule has 6 heteroatoms. The van der Waals surface area contributed by atoms with Crippen LogP contribution in [-0.2, 0) is 16.1 Å². The molecule has 0 atom stereocenters. The summed E-state index contributed by atoms with van der Waals surface area (Å²) in [5, 5.41) is 5.57. The third-order valence-corrected chi connectivity index (χ3v) is 3.83. The number of hydrogen-bond donors (Lipinski definition) is 2. The Balaban J connectivity index is 1.46. The van der Waals surface area contributed by atoms with Gasteiger partial charge >= 0.3 is 0 Å². The maximum Gasteiger partial charge on any atom is 0.258 e. The van der Waals surface area contributed by atoms with E-state index in [1.54, 1.807) is 12.1 Å². The van der Waals surface area contributed by atoms with Crippen LogP contribution in [0.15, 0.2) is 48.5 Å². The molecule has 2 aromatic rings. The monoisotopic (exact) mass is 342 g/mol. The van der Waals surface area contributed by atoms with Gasteiger partial charge in [-0.25, -0.2) is 4.39 Å². The smallest absolute Gasteiger partial charge is 0.258 e. The Morgan fingerprint density at radius 1 is 1.12 bits per heavy atom. The first-order valence-electron chi connectivity index (χ1n) is 8.15. The maximum atomic E-state index is 13.4. The van der Waals surface area contributed by atoms with Crippen LogP contribution in [0.2, 0.25) is 0 Å². The number of carbonyl (C=O) groups is 2. The molecule has 25 heavy (non-hydrogen) atoms. The molecule has 0 bridgehead atoms. The number of amides is 2. The van der Waals surface area contributed by atoms with Gasteiger partial charge in [-0.3, -0.25) is 9.59 Å². The molecule has 130 valence electrons. The van der Waals surface area contributed by atoms with Crippen molar-refractivity contribution >= 4 is 17.5 Å². The van der Waals surface area contributed by atoms with E-state index in [0.717, 1.165) is 18.4 Å². The molecule has 5 nitrogen and oxygen atoms in total. The summed E-state index contributed by atoms with van der Waals surface area (Å²) in [6.07, 6.45) is 1.90. The van der Waals surface area contributed by atoms with E-state index >= 15 is 0 Å². The van der Waals surface area contributed by atoms with Gasteiger partial charge in [-0.2, -0.15) is 0 Å². The highest BCUT2D eigenvalue weighted by molar-refractivity contribution is 5.94. The fraction of sp³-hybridized carbons (Fsp3) is 0.263. The molecule has 0 spiro atoms. The highest BCUT2D eigenvalue weighted by Gasteiger charge is 2.29. The second kappa shape index (κ2) is 7.79. The van der Waals surface area contributed by atoms with Crippen molar-refractivity contribution in [1.82, 2.24) is 5.32 Å². The van der Waals surface area contributed by atoms with Crippen LogP contribution in [0.1, 0.15) is 18.4 Å². The van der Waals surface area contributed by atoms with Gasteiger partial charge in [0.25, 0.3) is 5.91 Å². The van der Waals surface area contributed by atoms with E-state index in [1.807, 2.05) is 24.3 Å². The lowest BCUT2D eigenvalue weighted by Gasteiger charge is -2.09. The Labute approximate surface area is 145 Å². The molecule has 0 aliphatic heterocycles. The first kappa shape index (κ1) is 17.0. The van der Waals surface area contributed by atoms with Gasteiger partial charge in [0.05, 0.1) is 0 Å². The summed E-state index contributed by atoms with van der Waals surface area (Å²) in [7, 11) is 0. The van der Waals surface area contributed by atoms with Gasteiger partial charge in [0.15, 0.2) is 18.2 Å². The maximum absolute atomic E-state index is 13.4. The number of anilines is 1. The number of rotatable bonds is 7. The minimum atomic E-state index is -0.505. The highest BCUT2D eigenvalue weighted by atomic mass is 19.1. The summed E-state index contributed by atoms with van der Waals surface area (Å²) < 4.78 is 18.6. The van der Waals surface area contributed by atoms with E-state index in [9.17, 15) is 14.0 Å². The highest BCUT2D eigenvalue weighted by Crippen LogP contribution is 2.30. The number of carbonyl (C=O) groups excluding carboxylic acids is 2. The standard InChI is InChI=1S/C19H19FN2O3/c20-16-6-1-2-7-17(16)25-12-18(23)21-11-13-4-3-5-15(10-13)22-19(24)14-8-9-14/h1-7,10,14H,8-9,11-12H2,(H,21,23)(H,22,24). The molecule has 0 unspecified atom stereocenters. The number of para-hydroxylation sites is 1. The average Bonchev–Trinajstić information content (AvgIpc) is 3.45. The predicted molar refractivity (Wildman–Crippen MR) is 91.5 cm³/mol. The van der Waals surface area contributed by atoms with Gasteiger partial charge in [0.2, 0.25) is 5.91 Å². The molecule has 1 fully saturated rings. The normalized spacial score (nSPS) is 13.2. The summed E-state index contributed by atoms with van der Waals surface area (Å²) in [5.74, 6) is -0.633. The van der Waals surface area contributed by atoms with E-state index in [-0.39, 0.29) is 30.1 Å². The topological polar surface area (TPSA) is 67.4 Å². The Morgan fingerprint density at radius 3 is 2.68 bits per heavy atom. The second-order valence-corrected chi connectivity index (χ2v) is 5.96. The van der Waals surface area contributed by atoms with Crippen molar-refractivity contribution in [1.29, 1.82) is 0 Å². The lowest BCUT2D eigenvalue weighted by atomic mass is 10.2. The minimum Gasteiger partial charge on any atom is -0.481 e. The number of ether oxygens (including phenoxy) is 1. The summed E-state index contributed by atoms with van der Waals surface area (Å²) in [4.78, 5) is 23.6. The predicted octanol–water partition coefficient (Wildman–Crippen LogP) is 2.87. The van der Waals surface area contributed by atoms with Gasteiger partial charge in [-0.15, -0.1) is 0 Å². The lowest BCUT2D eigenvalue weighted by Crippen LogP contribution is -2.28. The number of benzene rings is 2. The Morgan fingerprint density at radius 2 is 1.92 bits per heavy atom. The van der Waals surface area contributed by atoms with Crippen LogP contribution in [-0.4, -0.2) is 18.4 Å². The third kappa shape index (κ3) is 5.04. The van der Waals surface area contributed by atoms with Crippen molar-refractivity contribution in [3.05, 3.63) is 59.9 Å². The number of nitrogens with one attached hydrogen (secondary N) is 2. The van der Waals surface area contributed by atoms with Crippen LogP contribution in [0.4, 0.5) is 10.1 Å². The largest absolute Gasteiger partial charge is 0.481 e. The zero-order chi connectivity index (χ0) is 17.6. The summed E-state index contributed by atoms with van der Waals surface area (Å²) in [6.45, 7) is 0.0334. The molecule has 2 amide bonds. The zero-order valence-electron chi connectivity index (χ0n) is 13.6. The molecule has 2 aromatic carbocycles. The van der Waals surface area contributed by atoms with Gasteiger partial charge in [0, 0.05) is 18.2 Å². The van der Waals surface area contributed by atoms with Crippen molar-refractivity contribution < 1.29 is 18.7 Å². The molecule has 0 heterocycles. The van der Waals surface area contributed by atoms with E-state index in [4.69, 9.17) is 4.74 Å². The fourth-order valence-corrected chi connectivity index (χ4v) is 2.31. The number of halogens is 1. The molecular weight excluding hydrogens is 323 g/mol. The van der Waals surface area contributed by atoms with Crippen molar-refractivity contribution in [2.75, 3.05) is 11.9 Å². The minimum absolute atomic E-state index is 0.0412. The van der Waals surface area contributed by atoms with Crippen LogP contribution >= 0.6 is 0 Å². The van der Waals surface area contributed by atoms with E-state index < -0.39 is 5.82 Å². The van der Waals surface area contributed by atoms with E-state index in [2.05, 4.69) is 10.6 Å². The van der Waals surface area contributed by atoms with Crippen molar-refractivity contribution in [3.63, 3.8) is 0 Å². The second-order valence-electron chi connectivity index (χ2n) is 5.96. The number of hydrogen-bond acceptors (Lipinski definition) is 3. The Hall–Kier alpha value is -2.89. The third-order valence-electron chi connectivity index (χ3n) is 3.83. The summed E-state index contributed by atoms with van der Waals surface area (Å²) in [5.41, 5.74) is 1.57. The molecule has 1 saturated carbocycles. The molecule has 1 aliphatic carbocycles. The van der Waals surface area contributed by atoms with E-state index in [0.29, 0.717) is 12.2 Å². The van der Waals surface area contributed by atoms with Gasteiger partial charge in [-0.1, -0.05) is 24.3 Å². The van der Waals surface area contributed by atoms with Crippen molar-refractivity contribution in [2.24, 2.45) is 5.92 Å². The zero-order valence-corrected chi connectivity index (χ0v) is 13.6. The van der Waals surface area contributed by atoms with Crippen LogP contribution in [0.25, 0.3) is 0 Å². The fourth-order valence-electron chi connectivity index (χ4n) is 2.31. The van der Waals surface area contributed by atoms with Gasteiger partial charge < -0.3 is 15.4 Å². The van der Waals surface area contributed by atoms with Crippen LogP contribution in [0, 0.1) is 11.7 Å².